The van der Waals surface area contributed by atoms with Gasteiger partial charge in [-0.25, -0.2) is 0 Å². The third kappa shape index (κ3) is 2.54. The van der Waals surface area contributed by atoms with Gasteiger partial charge in [-0.15, -0.1) is 0 Å². The van der Waals surface area contributed by atoms with Gasteiger partial charge in [-0.1, -0.05) is 48.5 Å². The van der Waals surface area contributed by atoms with Gasteiger partial charge < -0.3 is 0 Å². The summed E-state index contributed by atoms with van der Waals surface area (Å²) >= 11 is 0. The molecule has 1 saturated carbocycles. The molecule has 0 radical (unpaired) electrons. The van der Waals surface area contributed by atoms with Crippen LogP contribution in [0.25, 0.3) is 0 Å². The maximum absolute atomic E-state index is 14.3. The molecule has 0 bridgehead atoms. The molecule has 3 aromatic rings. The summed E-state index contributed by atoms with van der Waals surface area (Å²) in [6, 6.07) is 24.2. The van der Waals surface area contributed by atoms with E-state index < -0.39 is 21.7 Å². The molecule has 1 aliphatic carbocycles. The van der Waals surface area contributed by atoms with Crippen molar-refractivity contribution >= 4 is 40.3 Å². The van der Waals surface area contributed by atoms with Crippen LogP contribution in [-0.2, 0) is 9.59 Å². The summed E-state index contributed by atoms with van der Waals surface area (Å²) in [5.74, 6) is -1.39. The fraction of sp³-hybridized carbons (Fsp3) is 0.185. The number of hydrogen-bond donors (Lipinski definition) is 0. The van der Waals surface area contributed by atoms with E-state index in [1.807, 2.05) is 36.4 Å². The van der Waals surface area contributed by atoms with Crippen molar-refractivity contribution in [2.75, 3.05) is 10.0 Å². The SMILES string of the molecule is CC1=NN(c2ccccc2)C(=O)[C@@]12C(c1cccc([N+](=O)[O-])c1)[C@@]21C(=O)N(c2ccccc2)N=C1C. The molecule has 0 N–H and O–H groups in total. The third-order valence-corrected chi connectivity index (χ3v) is 7.52. The predicted octanol–water partition coefficient (Wildman–Crippen LogP) is 4.51. The zero-order chi connectivity index (χ0) is 25.2. The van der Waals surface area contributed by atoms with Gasteiger partial charge >= 0.3 is 0 Å². The summed E-state index contributed by atoms with van der Waals surface area (Å²) in [5.41, 5.74) is -0.142. The number of hydrogen-bond acceptors (Lipinski definition) is 6. The van der Waals surface area contributed by atoms with Gasteiger partial charge in [0.2, 0.25) is 0 Å². The molecule has 2 heterocycles. The molecule has 2 atom stereocenters. The summed E-state index contributed by atoms with van der Waals surface area (Å²) in [6.07, 6.45) is 0. The number of rotatable bonds is 4. The Balaban J connectivity index is 1.55. The number of non-ortho nitro benzene ring substituents is 1. The highest BCUT2D eigenvalue weighted by Crippen LogP contribution is 2.79. The van der Waals surface area contributed by atoms with Gasteiger partial charge in [-0.05, 0) is 43.7 Å². The number of nitrogens with zero attached hydrogens (tertiary/aromatic N) is 5. The van der Waals surface area contributed by atoms with Crippen molar-refractivity contribution in [1.82, 2.24) is 0 Å². The van der Waals surface area contributed by atoms with Crippen LogP contribution in [0.15, 0.2) is 95.1 Å². The van der Waals surface area contributed by atoms with Crippen LogP contribution in [0.4, 0.5) is 17.1 Å². The number of benzene rings is 3. The zero-order valence-corrected chi connectivity index (χ0v) is 19.5. The average Bonchev–Trinajstić information content (AvgIpc) is 3.38. The first kappa shape index (κ1) is 21.8. The van der Waals surface area contributed by atoms with Crippen molar-refractivity contribution in [3.8, 4) is 0 Å². The highest BCUT2D eigenvalue weighted by Gasteiger charge is 2.91. The lowest BCUT2D eigenvalue weighted by Gasteiger charge is -2.18. The van der Waals surface area contributed by atoms with E-state index in [9.17, 15) is 19.7 Å². The van der Waals surface area contributed by atoms with Crippen LogP contribution in [0.5, 0.6) is 0 Å². The second-order valence-electron chi connectivity index (χ2n) is 9.18. The Bertz CT molecular complexity index is 1420. The number of fused-ring (bicyclic) bond motifs is 1. The molecule has 0 aromatic heterocycles. The first-order valence-electron chi connectivity index (χ1n) is 11.5. The minimum atomic E-state index is -1.34. The minimum absolute atomic E-state index is 0.107. The number of hydrazone groups is 2. The molecule has 2 amide bonds. The number of amides is 2. The molecule has 2 aliphatic heterocycles. The summed E-state index contributed by atoms with van der Waals surface area (Å²) in [6.45, 7) is 3.48. The highest BCUT2D eigenvalue weighted by molar-refractivity contribution is 6.37. The molecule has 0 unspecified atom stereocenters. The second-order valence-corrected chi connectivity index (χ2v) is 9.18. The third-order valence-electron chi connectivity index (χ3n) is 7.52. The van der Waals surface area contributed by atoms with E-state index in [0.29, 0.717) is 28.4 Å². The molecule has 9 nitrogen and oxygen atoms in total. The van der Waals surface area contributed by atoms with Crippen molar-refractivity contribution in [2.24, 2.45) is 21.0 Å². The lowest BCUT2D eigenvalue weighted by Crippen LogP contribution is -2.40. The number of anilines is 2. The molecular formula is C27H21N5O4. The van der Waals surface area contributed by atoms with Gasteiger partial charge in [-0.3, -0.25) is 19.7 Å². The van der Waals surface area contributed by atoms with Gasteiger partial charge in [0, 0.05) is 18.1 Å². The Morgan fingerprint density at radius 1 is 0.750 bits per heavy atom. The first-order chi connectivity index (χ1) is 17.3. The monoisotopic (exact) mass is 479 g/mol. The fourth-order valence-corrected chi connectivity index (χ4v) is 6.05. The number of para-hydroxylation sites is 2. The van der Waals surface area contributed by atoms with Crippen LogP contribution >= 0.6 is 0 Å². The molecule has 6 rings (SSSR count). The molecule has 3 aliphatic rings. The van der Waals surface area contributed by atoms with Gasteiger partial charge in [0.15, 0.2) is 0 Å². The lowest BCUT2D eigenvalue weighted by molar-refractivity contribution is -0.384. The summed E-state index contributed by atoms with van der Waals surface area (Å²) < 4.78 is 0. The molecule has 3 aromatic carbocycles. The summed E-state index contributed by atoms with van der Waals surface area (Å²) in [4.78, 5) is 39.6. The van der Waals surface area contributed by atoms with Crippen LogP contribution < -0.4 is 10.0 Å². The Morgan fingerprint density at radius 2 is 1.22 bits per heavy atom. The van der Waals surface area contributed by atoms with E-state index in [2.05, 4.69) is 10.2 Å². The molecule has 0 saturated heterocycles. The Labute approximate surface area is 206 Å². The fourth-order valence-electron chi connectivity index (χ4n) is 6.05. The van der Waals surface area contributed by atoms with Crippen molar-refractivity contribution in [1.29, 1.82) is 0 Å². The van der Waals surface area contributed by atoms with Crippen LogP contribution in [0, 0.1) is 20.9 Å². The van der Waals surface area contributed by atoms with Crippen molar-refractivity contribution in [3.63, 3.8) is 0 Å². The van der Waals surface area contributed by atoms with E-state index in [4.69, 9.17) is 0 Å². The summed E-state index contributed by atoms with van der Waals surface area (Å²) in [5, 5.41) is 23.5. The van der Waals surface area contributed by atoms with E-state index in [-0.39, 0.29) is 17.5 Å². The minimum Gasteiger partial charge on any atom is -0.271 e. The molecule has 2 spiro atoms. The maximum atomic E-state index is 14.3. The van der Waals surface area contributed by atoms with Crippen LogP contribution in [0.3, 0.4) is 0 Å². The quantitative estimate of drug-likeness (QED) is 0.405. The molecule has 36 heavy (non-hydrogen) atoms. The topological polar surface area (TPSA) is 108 Å². The van der Waals surface area contributed by atoms with E-state index in [0.717, 1.165) is 0 Å². The second kappa shape index (κ2) is 7.42. The molecular weight excluding hydrogens is 458 g/mol. The summed E-state index contributed by atoms with van der Waals surface area (Å²) in [7, 11) is 0. The average molecular weight is 479 g/mol. The Hall–Kier alpha value is -4.66. The van der Waals surface area contributed by atoms with E-state index in [1.54, 1.807) is 50.2 Å². The van der Waals surface area contributed by atoms with Crippen LogP contribution in [0.2, 0.25) is 0 Å². The zero-order valence-electron chi connectivity index (χ0n) is 19.5. The van der Waals surface area contributed by atoms with Gasteiger partial charge in [-0.2, -0.15) is 20.2 Å². The van der Waals surface area contributed by atoms with Gasteiger partial charge in [0.05, 0.1) is 27.7 Å². The first-order valence-corrected chi connectivity index (χ1v) is 11.5. The van der Waals surface area contributed by atoms with Crippen molar-refractivity contribution in [3.05, 3.63) is 101 Å². The number of nitro groups is 1. The van der Waals surface area contributed by atoms with Crippen LogP contribution in [-0.4, -0.2) is 28.2 Å². The molecule has 9 heteroatoms. The van der Waals surface area contributed by atoms with Gasteiger partial charge in [0.25, 0.3) is 17.5 Å². The predicted molar refractivity (Wildman–Crippen MR) is 135 cm³/mol. The van der Waals surface area contributed by atoms with Crippen LogP contribution in [0.1, 0.15) is 25.3 Å². The number of carbonyl (C=O) groups excluding carboxylic acids is 2. The Morgan fingerprint density at radius 3 is 1.67 bits per heavy atom. The largest absolute Gasteiger partial charge is 0.271 e. The highest BCUT2D eigenvalue weighted by atomic mass is 16.6. The van der Waals surface area contributed by atoms with Gasteiger partial charge in [0.1, 0.15) is 10.8 Å². The number of nitro benzene ring substituents is 1. The standard InChI is InChI=1S/C27H21N5O4/c1-17-26(24(33)30(28-17)20-11-5-3-6-12-20)23(19-10-9-15-22(16-19)32(35)36)27(26)18(2)29-31(25(27)34)21-13-7-4-8-14-21/h3-16,23H,1-2H3/t26-,27-/m0/s1. The molecule has 1 fully saturated rings. The van der Waals surface area contributed by atoms with Crippen molar-refractivity contribution < 1.29 is 14.5 Å². The maximum Gasteiger partial charge on any atom is 0.269 e. The van der Waals surface area contributed by atoms with E-state index >= 15 is 0 Å². The normalized spacial score (nSPS) is 26.6. The molecule has 178 valence electrons. The number of carbonyl (C=O) groups is 2. The Kier molecular flexibility index (Phi) is 4.50. The van der Waals surface area contributed by atoms with Crippen molar-refractivity contribution in [2.45, 2.75) is 19.8 Å². The lowest BCUT2D eigenvalue weighted by atomic mass is 9.85. The smallest absolute Gasteiger partial charge is 0.269 e. The van der Waals surface area contributed by atoms with E-state index in [1.165, 1.54) is 22.2 Å².